The Hall–Kier alpha value is -2.69. The number of carbonyl (C=O) groups excluding carboxylic acids is 2. The summed E-state index contributed by atoms with van der Waals surface area (Å²) in [7, 11) is 0. The first-order valence-electron chi connectivity index (χ1n) is 9.44. The molecule has 2 aromatic rings. The third-order valence-corrected chi connectivity index (χ3v) is 5.36. The Kier molecular flexibility index (Phi) is 5.59. The Bertz CT molecular complexity index is 845. The second kappa shape index (κ2) is 7.91. The molecule has 5 heteroatoms. The summed E-state index contributed by atoms with van der Waals surface area (Å²) in [5.41, 5.74) is 1.09. The van der Waals surface area contributed by atoms with E-state index in [2.05, 4.69) is 10.6 Å². The monoisotopic (exact) mass is 368 g/mol. The fourth-order valence-electron chi connectivity index (χ4n) is 3.64. The van der Waals surface area contributed by atoms with Crippen molar-refractivity contribution in [1.29, 1.82) is 0 Å². The number of hydrogen-bond acceptors (Lipinski definition) is 2. The van der Waals surface area contributed by atoms with Gasteiger partial charge in [0.25, 0.3) is 5.91 Å². The maximum absolute atomic E-state index is 15.0. The summed E-state index contributed by atoms with van der Waals surface area (Å²) in [5, 5.41) is 5.59. The molecule has 2 aromatic carbocycles. The van der Waals surface area contributed by atoms with Gasteiger partial charge in [0, 0.05) is 12.1 Å². The third-order valence-electron chi connectivity index (χ3n) is 5.36. The Morgan fingerprint density at radius 2 is 1.81 bits per heavy atom. The first-order chi connectivity index (χ1) is 13.0. The summed E-state index contributed by atoms with van der Waals surface area (Å²) in [4.78, 5) is 25.0. The molecule has 0 saturated heterocycles. The predicted octanol–water partition coefficient (Wildman–Crippen LogP) is 4.33. The predicted molar refractivity (Wildman–Crippen MR) is 104 cm³/mol. The van der Waals surface area contributed by atoms with Gasteiger partial charge in [-0.2, -0.15) is 0 Å². The standard InChI is InChI=1S/C22H25FN2O2/c1-3-14-24-21(27)22(12-7-13-22)17-10-11-18(19(23)15(17)2)25-20(26)16-8-5-4-6-9-16/h4-6,8-11H,3,7,12-14H2,1-2H3,(H,24,27)(H,25,26). The van der Waals surface area contributed by atoms with Crippen LogP contribution in [0.1, 0.15) is 54.1 Å². The van der Waals surface area contributed by atoms with Crippen molar-refractivity contribution in [2.24, 2.45) is 0 Å². The molecule has 0 aliphatic heterocycles. The van der Waals surface area contributed by atoms with E-state index in [0.717, 1.165) is 31.2 Å². The number of rotatable bonds is 6. The minimum absolute atomic E-state index is 0.0285. The topological polar surface area (TPSA) is 58.2 Å². The van der Waals surface area contributed by atoms with Crippen LogP contribution >= 0.6 is 0 Å². The highest BCUT2D eigenvalue weighted by atomic mass is 19.1. The summed E-state index contributed by atoms with van der Waals surface area (Å²) in [6.07, 6.45) is 3.25. The van der Waals surface area contributed by atoms with E-state index in [-0.39, 0.29) is 17.5 Å². The van der Waals surface area contributed by atoms with Gasteiger partial charge in [0.15, 0.2) is 0 Å². The molecule has 0 aromatic heterocycles. The van der Waals surface area contributed by atoms with Crippen LogP contribution in [0.2, 0.25) is 0 Å². The molecule has 0 spiro atoms. The van der Waals surface area contributed by atoms with E-state index in [4.69, 9.17) is 0 Å². The number of halogens is 1. The maximum Gasteiger partial charge on any atom is 0.255 e. The summed E-state index contributed by atoms with van der Waals surface area (Å²) < 4.78 is 15.0. The van der Waals surface area contributed by atoms with Crippen LogP contribution in [0.3, 0.4) is 0 Å². The molecule has 27 heavy (non-hydrogen) atoms. The van der Waals surface area contributed by atoms with E-state index in [1.807, 2.05) is 13.0 Å². The molecule has 0 atom stereocenters. The molecule has 1 aliphatic carbocycles. The van der Waals surface area contributed by atoms with Gasteiger partial charge in [0.1, 0.15) is 5.82 Å². The Morgan fingerprint density at radius 1 is 1.11 bits per heavy atom. The van der Waals surface area contributed by atoms with Crippen LogP contribution in [0.25, 0.3) is 0 Å². The molecular formula is C22H25FN2O2. The minimum Gasteiger partial charge on any atom is -0.355 e. The van der Waals surface area contributed by atoms with Gasteiger partial charge in [-0.3, -0.25) is 9.59 Å². The van der Waals surface area contributed by atoms with Gasteiger partial charge in [-0.1, -0.05) is 37.6 Å². The number of hydrogen-bond donors (Lipinski definition) is 2. The average Bonchev–Trinajstić information content (AvgIpc) is 2.65. The largest absolute Gasteiger partial charge is 0.355 e. The summed E-state index contributed by atoms with van der Waals surface area (Å²) in [6.45, 7) is 4.30. The van der Waals surface area contributed by atoms with Crippen LogP contribution in [0.15, 0.2) is 42.5 Å². The normalized spacial score (nSPS) is 14.9. The van der Waals surface area contributed by atoms with Crippen LogP contribution in [0, 0.1) is 12.7 Å². The molecule has 142 valence electrons. The third kappa shape index (κ3) is 3.59. The SMILES string of the molecule is CCCNC(=O)C1(c2ccc(NC(=O)c3ccccc3)c(F)c2C)CCC1. The molecule has 1 saturated carbocycles. The van der Waals surface area contributed by atoms with Crippen molar-refractivity contribution < 1.29 is 14.0 Å². The molecule has 3 rings (SSSR count). The zero-order valence-electron chi connectivity index (χ0n) is 15.8. The summed E-state index contributed by atoms with van der Waals surface area (Å²) in [6, 6.07) is 12.0. The highest BCUT2D eigenvalue weighted by Crippen LogP contribution is 2.46. The van der Waals surface area contributed by atoms with Crippen LogP contribution in [-0.4, -0.2) is 18.4 Å². The second-order valence-corrected chi connectivity index (χ2v) is 7.11. The van der Waals surface area contributed by atoms with E-state index in [0.29, 0.717) is 17.7 Å². The fraction of sp³-hybridized carbons (Fsp3) is 0.364. The lowest BCUT2D eigenvalue weighted by Gasteiger charge is -2.41. The van der Waals surface area contributed by atoms with Crippen LogP contribution in [-0.2, 0) is 10.2 Å². The van der Waals surface area contributed by atoms with E-state index in [1.54, 1.807) is 43.3 Å². The van der Waals surface area contributed by atoms with Crippen molar-refractivity contribution in [2.75, 3.05) is 11.9 Å². The first-order valence-corrected chi connectivity index (χ1v) is 9.44. The number of anilines is 1. The van der Waals surface area contributed by atoms with Crippen LogP contribution < -0.4 is 10.6 Å². The van der Waals surface area contributed by atoms with Gasteiger partial charge in [0.2, 0.25) is 5.91 Å². The van der Waals surface area contributed by atoms with Crippen molar-refractivity contribution in [3.8, 4) is 0 Å². The molecule has 1 fully saturated rings. The van der Waals surface area contributed by atoms with E-state index < -0.39 is 11.2 Å². The number of nitrogens with one attached hydrogen (secondary N) is 2. The lowest BCUT2D eigenvalue weighted by atomic mass is 9.62. The smallest absolute Gasteiger partial charge is 0.255 e. The number of benzene rings is 2. The molecule has 0 heterocycles. The molecule has 4 nitrogen and oxygen atoms in total. The van der Waals surface area contributed by atoms with Crippen molar-refractivity contribution in [1.82, 2.24) is 5.32 Å². The second-order valence-electron chi connectivity index (χ2n) is 7.11. The van der Waals surface area contributed by atoms with Crippen LogP contribution in [0.5, 0.6) is 0 Å². The van der Waals surface area contributed by atoms with Gasteiger partial charge in [0.05, 0.1) is 11.1 Å². The zero-order chi connectivity index (χ0) is 19.4. The fourth-order valence-corrected chi connectivity index (χ4v) is 3.64. The van der Waals surface area contributed by atoms with Gasteiger partial charge >= 0.3 is 0 Å². The highest BCUT2D eigenvalue weighted by molar-refractivity contribution is 6.04. The van der Waals surface area contributed by atoms with Crippen molar-refractivity contribution in [3.05, 3.63) is 65.0 Å². The zero-order valence-corrected chi connectivity index (χ0v) is 15.8. The van der Waals surface area contributed by atoms with E-state index >= 15 is 0 Å². The summed E-state index contributed by atoms with van der Waals surface area (Å²) >= 11 is 0. The Morgan fingerprint density at radius 3 is 2.41 bits per heavy atom. The lowest BCUT2D eigenvalue weighted by molar-refractivity contribution is -0.129. The quantitative estimate of drug-likeness (QED) is 0.797. The van der Waals surface area contributed by atoms with Crippen molar-refractivity contribution >= 4 is 17.5 Å². The van der Waals surface area contributed by atoms with E-state index in [9.17, 15) is 14.0 Å². The molecule has 1 aliphatic rings. The lowest BCUT2D eigenvalue weighted by Crippen LogP contribution is -2.49. The van der Waals surface area contributed by atoms with E-state index in [1.165, 1.54) is 0 Å². The number of amides is 2. The van der Waals surface area contributed by atoms with Gasteiger partial charge in [-0.15, -0.1) is 0 Å². The minimum atomic E-state index is -0.651. The van der Waals surface area contributed by atoms with Gasteiger partial charge in [-0.25, -0.2) is 4.39 Å². The van der Waals surface area contributed by atoms with Crippen molar-refractivity contribution in [2.45, 2.75) is 44.9 Å². The van der Waals surface area contributed by atoms with Crippen LogP contribution in [0.4, 0.5) is 10.1 Å². The molecule has 0 bridgehead atoms. The molecular weight excluding hydrogens is 343 g/mol. The van der Waals surface area contributed by atoms with Gasteiger partial charge < -0.3 is 10.6 Å². The molecule has 0 unspecified atom stereocenters. The average molecular weight is 368 g/mol. The molecule has 2 N–H and O–H groups in total. The molecule has 2 amide bonds. The Balaban J connectivity index is 1.86. The van der Waals surface area contributed by atoms with Crippen molar-refractivity contribution in [3.63, 3.8) is 0 Å². The van der Waals surface area contributed by atoms with Gasteiger partial charge in [-0.05, 0) is 55.5 Å². The summed E-state index contributed by atoms with van der Waals surface area (Å²) in [5.74, 6) is -0.869. The maximum atomic E-state index is 15.0. The molecule has 0 radical (unpaired) electrons. The number of carbonyl (C=O) groups is 2. The highest BCUT2D eigenvalue weighted by Gasteiger charge is 2.46. The Labute approximate surface area is 159 Å². The first kappa shape index (κ1) is 19.1.